The van der Waals surface area contributed by atoms with E-state index in [1.165, 1.54) is 16.0 Å². The van der Waals surface area contributed by atoms with Crippen molar-refractivity contribution in [3.8, 4) is 6.07 Å². The molecule has 2 unspecified atom stereocenters. The number of thioether (sulfide) groups is 1. The fourth-order valence-corrected chi connectivity index (χ4v) is 3.88. The molecule has 0 spiro atoms. The van der Waals surface area contributed by atoms with Gasteiger partial charge in [-0.05, 0) is 48.4 Å². The standard InChI is InChI=1S/C18H18N2S/c1-13(15-8-6-14(12-19)7-9-15)20-17-10-11-21-18-5-3-2-4-16(17)18/h2-9,13,17,20H,10-11H2,1H3. The zero-order chi connectivity index (χ0) is 14.7. The molecule has 1 heterocycles. The average Bonchev–Trinajstić information content (AvgIpc) is 2.55. The van der Waals surface area contributed by atoms with Gasteiger partial charge in [0.1, 0.15) is 0 Å². The number of nitriles is 1. The predicted molar refractivity (Wildman–Crippen MR) is 87.2 cm³/mol. The number of benzene rings is 2. The maximum Gasteiger partial charge on any atom is 0.0991 e. The number of hydrogen-bond acceptors (Lipinski definition) is 3. The van der Waals surface area contributed by atoms with Crippen LogP contribution in [0, 0.1) is 11.3 Å². The monoisotopic (exact) mass is 294 g/mol. The van der Waals surface area contributed by atoms with Crippen LogP contribution in [0.5, 0.6) is 0 Å². The Morgan fingerprint density at radius 2 is 1.95 bits per heavy atom. The van der Waals surface area contributed by atoms with Crippen molar-refractivity contribution in [2.75, 3.05) is 5.75 Å². The Bertz CT molecular complexity index is 658. The summed E-state index contributed by atoms with van der Waals surface area (Å²) in [5, 5.41) is 12.6. The highest BCUT2D eigenvalue weighted by Crippen LogP contribution is 2.37. The summed E-state index contributed by atoms with van der Waals surface area (Å²) in [5.74, 6) is 1.16. The molecule has 0 amide bonds. The zero-order valence-electron chi connectivity index (χ0n) is 12.0. The molecule has 3 heteroatoms. The first-order chi connectivity index (χ1) is 10.3. The molecule has 0 saturated heterocycles. The van der Waals surface area contributed by atoms with Crippen molar-refractivity contribution in [1.82, 2.24) is 5.32 Å². The third-order valence-corrected chi connectivity index (χ3v) is 5.07. The molecule has 0 aromatic heterocycles. The van der Waals surface area contributed by atoms with Gasteiger partial charge in [0.05, 0.1) is 11.6 Å². The van der Waals surface area contributed by atoms with Gasteiger partial charge in [0.15, 0.2) is 0 Å². The Morgan fingerprint density at radius 3 is 2.71 bits per heavy atom. The molecule has 2 nitrogen and oxygen atoms in total. The van der Waals surface area contributed by atoms with E-state index in [-0.39, 0.29) is 6.04 Å². The third-order valence-electron chi connectivity index (χ3n) is 3.95. The molecule has 2 atom stereocenters. The minimum atomic E-state index is 0.277. The van der Waals surface area contributed by atoms with Gasteiger partial charge in [0.25, 0.3) is 0 Å². The van der Waals surface area contributed by atoms with Crippen molar-refractivity contribution >= 4 is 11.8 Å². The van der Waals surface area contributed by atoms with Gasteiger partial charge in [-0.15, -0.1) is 11.8 Å². The first-order valence-corrected chi connectivity index (χ1v) is 8.24. The van der Waals surface area contributed by atoms with Gasteiger partial charge < -0.3 is 5.32 Å². The van der Waals surface area contributed by atoms with E-state index in [1.807, 2.05) is 36.0 Å². The third kappa shape index (κ3) is 3.12. The average molecular weight is 294 g/mol. The Balaban J connectivity index is 1.76. The molecule has 2 aromatic rings. The number of hydrogen-bond donors (Lipinski definition) is 1. The molecule has 0 radical (unpaired) electrons. The summed E-state index contributed by atoms with van der Waals surface area (Å²) < 4.78 is 0. The van der Waals surface area contributed by atoms with Crippen LogP contribution in [0.3, 0.4) is 0 Å². The molecular formula is C18H18N2S. The maximum atomic E-state index is 8.87. The van der Waals surface area contributed by atoms with Gasteiger partial charge in [0, 0.05) is 17.0 Å². The van der Waals surface area contributed by atoms with Crippen LogP contribution >= 0.6 is 11.8 Å². The first-order valence-electron chi connectivity index (χ1n) is 7.26. The Morgan fingerprint density at radius 1 is 1.19 bits per heavy atom. The predicted octanol–water partition coefficient (Wildman–Crippen LogP) is 4.45. The van der Waals surface area contributed by atoms with Crippen LogP contribution in [0.2, 0.25) is 0 Å². The molecule has 106 valence electrons. The van der Waals surface area contributed by atoms with Crippen LogP contribution in [-0.4, -0.2) is 5.75 Å². The lowest BCUT2D eigenvalue weighted by molar-refractivity contribution is 0.450. The van der Waals surface area contributed by atoms with Crippen molar-refractivity contribution in [2.24, 2.45) is 0 Å². The Kier molecular flexibility index (Phi) is 4.28. The molecule has 21 heavy (non-hydrogen) atoms. The summed E-state index contributed by atoms with van der Waals surface area (Å²) in [5.41, 5.74) is 3.35. The van der Waals surface area contributed by atoms with E-state index < -0.39 is 0 Å². The highest BCUT2D eigenvalue weighted by molar-refractivity contribution is 7.99. The molecule has 0 aliphatic carbocycles. The number of nitrogens with one attached hydrogen (secondary N) is 1. The largest absolute Gasteiger partial charge is 0.303 e. The molecule has 3 rings (SSSR count). The van der Waals surface area contributed by atoms with Crippen LogP contribution in [-0.2, 0) is 0 Å². The first kappa shape index (κ1) is 14.2. The summed E-state index contributed by atoms with van der Waals surface area (Å²) >= 11 is 1.94. The Labute approximate surface area is 130 Å². The second-order valence-electron chi connectivity index (χ2n) is 5.35. The van der Waals surface area contributed by atoms with Crippen molar-refractivity contribution in [3.05, 3.63) is 65.2 Å². The SMILES string of the molecule is CC(NC1CCSc2ccccc21)c1ccc(C#N)cc1. The van der Waals surface area contributed by atoms with Crippen molar-refractivity contribution in [3.63, 3.8) is 0 Å². The molecule has 0 bridgehead atoms. The summed E-state index contributed by atoms with van der Waals surface area (Å²) in [7, 11) is 0. The van der Waals surface area contributed by atoms with Crippen molar-refractivity contribution in [1.29, 1.82) is 5.26 Å². The summed E-state index contributed by atoms with van der Waals surface area (Å²) in [6.45, 7) is 2.19. The maximum absolute atomic E-state index is 8.87. The van der Waals surface area contributed by atoms with Crippen LogP contribution in [0.1, 0.15) is 42.1 Å². The topological polar surface area (TPSA) is 35.8 Å². The van der Waals surface area contributed by atoms with Gasteiger partial charge in [-0.25, -0.2) is 0 Å². The van der Waals surface area contributed by atoms with Gasteiger partial charge in [-0.1, -0.05) is 30.3 Å². The molecule has 1 aliphatic rings. The normalized spacial score (nSPS) is 18.6. The van der Waals surface area contributed by atoms with E-state index in [9.17, 15) is 0 Å². The van der Waals surface area contributed by atoms with E-state index in [4.69, 9.17) is 5.26 Å². The number of fused-ring (bicyclic) bond motifs is 1. The van der Waals surface area contributed by atoms with E-state index in [0.29, 0.717) is 11.6 Å². The highest BCUT2D eigenvalue weighted by Gasteiger charge is 2.21. The van der Waals surface area contributed by atoms with Gasteiger partial charge in [0.2, 0.25) is 0 Å². The van der Waals surface area contributed by atoms with Crippen LogP contribution in [0.25, 0.3) is 0 Å². The lowest BCUT2D eigenvalue weighted by Gasteiger charge is -2.29. The van der Waals surface area contributed by atoms with E-state index >= 15 is 0 Å². The molecule has 2 aromatic carbocycles. The van der Waals surface area contributed by atoms with Crippen LogP contribution in [0.15, 0.2) is 53.4 Å². The second-order valence-corrected chi connectivity index (χ2v) is 6.49. The van der Waals surface area contributed by atoms with E-state index in [0.717, 1.165) is 12.2 Å². The quantitative estimate of drug-likeness (QED) is 0.908. The fraction of sp³-hybridized carbons (Fsp3) is 0.278. The van der Waals surface area contributed by atoms with Gasteiger partial charge >= 0.3 is 0 Å². The zero-order valence-corrected chi connectivity index (χ0v) is 12.9. The smallest absolute Gasteiger partial charge is 0.0991 e. The summed E-state index contributed by atoms with van der Waals surface area (Å²) in [6.07, 6.45) is 1.16. The molecule has 1 aliphatic heterocycles. The minimum absolute atomic E-state index is 0.277. The lowest BCUT2D eigenvalue weighted by atomic mass is 10.0. The highest BCUT2D eigenvalue weighted by atomic mass is 32.2. The van der Waals surface area contributed by atoms with E-state index in [1.54, 1.807) is 0 Å². The fourth-order valence-electron chi connectivity index (χ4n) is 2.76. The van der Waals surface area contributed by atoms with Gasteiger partial charge in [-0.2, -0.15) is 5.26 Å². The lowest BCUT2D eigenvalue weighted by Crippen LogP contribution is -2.27. The molecule has 0 saturated carbocycles. The van der Waals surface area contributed by atoms with Crippen molar-refractivity contribution in [2.45, 2.75) is 30.3 Å². The minimum Gasteiger partial charge on any atom is -0.303 e. The van der Waals surface area contributed by atoms with Crippen LogP contribution < -0.4 is 5.32 Å². The Hall–Kier alpha value is -1.76. The summed E-state index contributed by atoms with van der Waals surface area (Å²) in [6, 6.07) is 19.4. The van der Waals surface area contributed by atoms with Crippen LogP contribution in [0.4, 0.5) is 0 Å². The molecule has 1 N–H and O–H groups in total. The summed E-state index contributed by atoms with van der Waals surface area (Å²) in [4.78, 5) is 1.40. The molecular weight excluding hydrogens is 276 g/mol. The molecule has 0 fully saturated rings. The van der Waals surface area contributed by atoms with E-state index in [2.05, 4.69) is 42.6 Å². The second kappa shape index (κ2) is 6.34. The van der Waals surface area contributed by atoms with Gasteiger partial charge in [-0.3, -0.25) is 0 Å². The number of nitrogens with zero attached hydrogens (tertiary/aromatic N) is 1. The van der Waals surface area contributed by atoms with Crippen molar-refractivity contribution < 1.29 is 0 Å². The number of rotatable bonds is 3.